The van der Waals surface area contributed by atoms with Gasteiger partial charge in [0.15, 0.2) is 9.84 Å². The number of hydrogen-bond acceptors (Lipinski definition) is 5. The van der Waals surface area contributed by atoms with Crippen LogP contribution in [0.15, 0.2) is 82.6 Å². The molecular weight excluding hydrogens is 396 g/mol. The zero-order valence-electron chi connectivity index (χ0n) is 15.4. The van der Waals surface area contributed by atoms with E-state index in [0.717, 1.165) is 23.6 Å². The van der Waals surface area contributed by atoms with Gasteiger partial charge in [-0.25, -0.2) is 16.8 Å². The molecule has 0 heterocycles. The second kappa shape index (κ2) is 7.65. The van der Waals surface area contributed by atoms with E-state index in [0.29, 0.717) is 11.4 Å². The Morgan fingerprint density at radius 2 is 1.32 bits per heavy atom. The topological polar surface area (TPSA) is 92.3 Å². The first kappa shape index (κ1) is 19.9. The standard InChI is InChI=1S/C20H20N2O4S2/c1-15-10-12-16(13-11-15)21-19-8-3-4-9-20(19)22-28(25,26)18-7-5-6-17(14-18)27(2,23)24/h3-14,21-22H,1-2H3. The summed E-state index contributed by atoms with van der Waals surface area (Å²) in [5.41, 5.74) is 2.86. The maximum atomic E-state index is 12.8. The lowest BCUT2D eigenvalue weighted by Gasteiger charge is -2.15. The fourth-order valence-electron chi connectivity index (χ4n) is 2.55. The number of nitrogens with one attached hydrogen (secondary N) is 2. The van der Waals surface area contributed by atoms with Crippen molar-refractivity contribution in [2.24, 2.45) is 0 Å². The van der Waals surface area contributed by atoms with Crippen molar-refractivity contribution >= 4 is 36.9 Å². The summed E-state index contributed by atoms with van der Waals surface area (Å²) in [6, 6.07) is 19.9. The average Bonchev–Trinajstić information content (AvgIpc) is 2.64. The van der Waals surface area contributed by atoms with Crippen LogP contribution in [0.25, 0.3) is 0 Å². The molecule has 0 aliphatic rings. The predicted octanol–water partition coefficient (Wildman–Crippen LogP) is 3.94. The molecule has 28 heavy (non-hydrogen) atoms. The van der Waals surface area contributed by atoms with E-state index in [2.05, 4.69) is 10.0 Å². The summed E-state index contributed by atoms with van der Waals surface area (Å²) >= 11 is 0. The van der Waals surface area contributed by atoms with Crippen molar-refractivity contribution in [3.05, 3.63) is 78.4 Å². The lowest BCUT2D eigenvalue weighted by Crippen LogP contribution is -2.14. The van der Waals surface area contributed by atoms with Gasteiger partial charge in [-0.1, -0.05) is 35.9 Å². The first-order valence-electron chi connectivity index (χ1n) is 8.41. The van der Waals surface area contributed by atoms with Gasteiger partial charge in [0.1, 0.15) is 0 Å². The third-order valence-electron chi connectivity index (χ3n) is 4.05. The van der Waals surface area contributed by atoms with Crippen LogP contribution in [0.1, 0.15) is 5.56 Å². The molecule has 0 bridgehead atoms. The van der Waals surface area contributed by atoms with Crippen molar-refractivity contribution in [1.82, 2.24) is 0 Å². The highest BCUT2D eigenvalue weighted by molar-refractivity contribution is 7.93. The second-order valence-electron chi connectivity index (χ2n) is 6.39. The first-order valence-corrected chi connectivity index (χ1v) is 11.8. The molecule has 3 rings (SSSR count). The molecule has 0 fully saturated rings. The van der Waals surface area contributed by atoms with Gasteiger partial charge in [0.25, 0.3) is 10.0 Å². The lowest BCUT2D eigenvalue weighted by molar-refractivity contribution is 0.599. The maximum Gasteiger partial charge on any atom is 0.262 e. The highest BCUT2D eigenvalue weighted by atomic mass is 32.2. The highest BCUT2D eigenvalue weighted by Crippen LogP contribution is 2.28. The number of sulfone groups is 1. The molecule has 0 aliphatic heterocycles. The minimum atomic E-state index is -3.97. The third-order valence-corrected chi connectivity index (χ3v) is 6.52. The van der Waals surface area contributed by atoms with E-state index in [1.165, 1.54) is 18.2 Å². The number of anilines is 3. The van der Waals surface area contributed by atoms with E-state index in [4.69, 9.17) is 0 Å². The van der Waals surface area contributed by atoms with E-state index < -0.39 is 19.9 Å². The Bertz CT molecular complexity index is 1200. The van der Waals surface area contributed by atoms with Crippen LogP contribution in [0.4, 0.5) is 17.1 Å². The van der Waals surface area contributed by atoms with Crippen molar-refractivity contribution < 1.29 is 16.8 Å². The number of benzene rings is 3. The predicted molar refractivity (Wildman–Crippen MR) is 111 cm³/mol. The van der Waals surface area contributed by atoms with Gasteiger partial charge in [-0.3, -0.25) is 4.72 Å². The number of rotatable bonds is 6. The van der Waals surface area contributed by atoms with Crippen LogP contribution in [0, 0.1) is 6.92 Å². The second-order valence-corrected chi connectivity index (χ2v) is 10.1. The van der Waals surface area contributed by atoms with Crippen LogP contribution in [0.3, 0.4) is 0 Å². The monoisotopic (exact) mass is 416 g/mol. The molecule has 0 amide bonds. The van der Waals surface area contributed by atoms with Crippen LogP contribution in [0.2, 0.25) is 0 Å². The van der Waals surface area contributed by atoms with Crippen molar-refractivity contribution in [2.45, 2.75) is 16.7 Å². The van der Waals surface area contributed by atoms with Crippen LogP contribution in [0.5, 0.6) is 0 Å². The molecule has 8 heteroatoms. The summed E-state index contributed by atoms with van der Waals surface area (Å²) < 4.78 is 51.6. The van der Waals surface area contributed by atoms with Gasteiger partial charge >= 0.3 is 0 Å². The van der Waals surface area contributed by atoms with Gasteiger partial charge in [-0.05, 0) is 49.4 Å². The van der Waals surface area contributed by atoms with Gasteiger partial charge < -0.3 is 5.32 Å². The van der Waals surface area contributed by atoms with E-state index in [1.807, 2.05) is 31.2 Å². The normalized spacial score (nSPS) is 11.8. The van der Waals surface area contributed by atoms with E-state index >= 15 is 0 Å². The minimum Gasteiger partial charge on any atom is -0.354 e. The molecule has 0 radical (unpaired) electrons. The number of hydrogen-bond donors (Lipinski definition) is 2. The lowest BCUT2D eigenvalue weighted by atomic mass is 10.2. The molecule has 0 spiro atoms. The van der Waals surface area contributed by atoms with Gasteiger partial charge in [0.2, 0.25) is 0 Å². The first-order chi connectivity index (χ1) is 13.1. The zero-order valence-corrected chi connectivity index (χ0v) is 17.0. The summed E-state index contributed by atoms with van der Waals surface area (Å²) in [5.74, 6) is 0. The van der Waals surface area contributed by atoms with Crippen LogP contribution >= 0.6 is 0 Å². The summed E-state index contributed by atoms with van der Waals surface area (Å²) in [7, 11) is -7.49. The number of para-hydroxylation sites is 2. The Hall–Kier alpha value is -2.84. The molecule has 6 nitrogen and oxygen atoms in total. The SMILES string of the molecule is Cc1ccc(Nc2ccccc2NS(=O)(=O)c2cccc(S(C)(=O)=O)c2)cc1. The van der Waals surface area contributed by atoms with Crippen LogP contribution in [-0.2, 0) is 19.9 Å². The molecule has 3 aromatic rings. The molecule has 0 aliphatic carbocycles. The summed E-state index contributed by atoms with van der Waals surface area (Å²) in [6.07, 6.45) is 1.03. The van der Waals surface area contributed by atoms with E-state index in [1.54, 1.807) is 24.3 Å². The largest absolute Gasteiger partial charge is 0.354 e. The molecule has 0 aromatic heterocycles. The fraction of sp³-hybridized carbons (Fsp3) is 0.100. The summed E-state index contributed by atoms with van der Waals surface area (Å²) in [4.78, 5) is -0.179. The van der Waals surface area contributed by atoms with Crippen molar-refractivity contribution in [2.75, 3.05) is 16.3 Å². The summed E-state index contributed by atoms with van der Waals surface area (Å²) in [6.45, 7) is 1.98. The van der Waals surface area contributed by atoms with Crippen molar-refractivity contribution in [3.8, 4) is 0 Å². The number of sulfonamides is 1. The molecule has 0 unspecified atom stereocenters. The van der Waals surface area contributed by atoms with Crippen LogP contribution in [-0.4, -0.2) is 23.1 Å². The van der Waals surface area contributed by atoms with E-state index in [-0.39, 0.29) is 9.79 Å². The molecule has 0 saturated carbocycles. The Labute approximate surface area is 165 Å². The van der Waals surface area contributed by atoms with Gasteiger partial charge in [-0.2, -0.15) is 0 Å². The minimum absolute atomic E-state index is 0.0542. The molecule has 146 valence electrons. The molecule has 0 saturated heterocycles. The Morgan fingerprint density at radius 3 is 1.96 bits per heavy atom. The Kier molecular flexibility index (Phi) is 5.44. The third kappa shape index (κ3) is 4.71. The zero-order chi connectivity index (χ0) is 20.4. The van der Waals surface area contributed by atoms with Gasteiger partial charge in [-0.15, -0.1) is 0 Å². The summed E-state index contributed by atoms with van der Waals surface area (Å²) in [5, 5.41) is 3.19. The molecule has 3 aromatic carbocycles. The highest BCUT2D eigenvalue weighted by Gasteiger charge is 2.18. The quantitative estimate of drug-likeness (QED) is 0.635. The average molecular weight is 417 g/mol. The number of aryl methyl sites for hydroxylation is 1. The molecule has 0 atom stereocenters. The van der Waals surface area contributed by atoms with Crippen molar-refractivity contribution in [3.63, 3.8) is 0 Å². The van der Waals surface area contributed by atoms with Crippen LogP contribution < -0.4 is 10.0 Å². The van der Waals surface area contributed by atoms with Crippen molar-refractivity contribution in [1.29, 1.82) is 0 Å². The van der Waals surface area contributed by atoms with Gasteiger partial charge in [0.05, 0.1) is 21.2 Å². The Morgan fingerprint density at radius 1 is 0.714 bits per heavy atom. The van der Waals surface area contributed by atoms with Gasteiger partial charge in [0, 0.05) is 11.9 Å². The molecule has 2 N–H and O–H groups in total. The smallest absolute Gasteiger partial charge is 0.262 e. The van der Waals surface area contributed by atoms with E-state index in [9.17, 15) is 16.8 Å². The fourth-order valence-corrected chi connectivity index (χ4v) is 4.42. The Balaban J connectivity index is 1.92. The maximum absolute atomic E-state index is 12.8. The molecular formula is C20H20N2O4S2.